The number of aryl methyl sites for hydroxylation is 1. The van der Waals surface area contributed by atoms with Crippen molar-refractivity contribution in [2.45, 2.75) is 13.3 Å². The molecule has 0 atom stereocenters. The molecule has 1 heterocycles. The molecule has 0 saturated heterocycles. The zero-order valence-electron chi connectivity index (χ0n) is 7.14. The van der Waals surface area contributed by atoms with E-state index < -0.39 is 6.43 Å². The smallest absolute Gasteiger partial charge is 0.280 e. The van der Waals surface area contributed by atoms with E-state index in [0.29, 0.717) is 15.9 Å². The Morgan fingerprint density at radius 1 is 1.54 bits per heavy atom. The van der Waals surface area contributed by atoms with Crippen molar-refractivity contribution in [1.82, 2.24) is 4.98 Å². The van der Waals surface area contributed by atoms with Crippen LogP contribution in [0.2, 0.25) is 0 Å². The van der Waals surface area contributed by atoms with Gasteiger partial charge >= 0.3 is 0 Å². The van der Waals surface area contributed by atoms with E-state index in [1.807, 2.05) is 0 Å². The van der Waals surface area contributed by atoms with Gasteiger partial charge in [-0.3, -0.25) is 4.98 Å². The second-order valence-electron chi connectivity index (χ2n) is 2.45. The molecule has 0 N–H and O–H groups in total. The van der Waals surface area contributed by atoms with E-state index in [2.05, 4.69) is 20.9 Å². The monoisotopic (exact) mass is 251 g/mol. The van der Waals surface area contributed by atoms with Gasteiger partial charge in [0.25, 0.3) is 6.43 Å². The van der Waals surface area contributed by atoms with Crippen molar-refractivity contribution in [2.24, 2.45) is 0 Å². The second kappa shape index (κ2) is 4.00. The van der Waals surface area contributed by atoms with E-state index in [9.17, 15) is 8.78 Å². The van der Waals surface area contributed by atoms with Crippen LogP contribution in [-0.2, 0) is 0 Å². The highest BCUT2D eigenvalue weighted by Gasteiger charge is 2.14. The summed E-state index contributed by atoms with van der Waals surface area (Å²) in [4.78, 5) is 3.70. The summed E-state index contributed by atoms with van der Waals surface area (Å²) in [7, 11) is 1.43. The predicted molar refractivity (Wildman–Crippen MR) is 48.2 cm³/mol. The Labute approximate surface area is 83.1 Å². The van der Waals surface area contributed by atoms with Gasteiger partial charge in [-0.05, 0) is 22.9 Å². The molecule has 1 rings (SSSR count). The highest BCUT2D eigenvalue weighted by atomic mass is 79.9. The standard InChI is InChI=1S/C8H8BrF2NO/c1-4-7(9)6(13-2)3-5(12-4)8(10)11/h3,8H,1-2H3. The zero-order chi connectivity index (χ0) is 10.0. The van der Waals surface area contributed by atoms with Crippen molar-refractivity contribution in [3.8, 4) is 5.75 Å². The summed E-state index contributed by atoms with van der Waals surface area (Å²) in [5, 5.41) is 0. The number of halogens is 3. The summed E-state index contributed by atoms with van der Waals surface area (Å²) >= 11 is 3.19. The fourth-order valence-corrected chi connectivity index (χ4v) is 1.28. The topological polar surface area (TPSA) is 22.1 Å². The van der Waals surface area contributed by atoms with Crippen LogP contribution in [0.15, 0.2) is 10.5 Å². The van der Waals surface area contributed by atoms with Gasteiger partial charge in [0.1, 0.15) is 11.4 Å². The summed E-state index contributed by atoms with van der Waals surface area (Å²) in [6.45, 7) is 1.64. The van der Waals surface area contributed by atoms with Gasteiger partial charge in [-0.2, -0.15) is 0 Å². The molecule has 0 amide bonds. The summed E-state index contributed by atoms with van der Waals surface area (Å²) in [5.74, 6) is 0.378. The lowest BCUT2D eigenvalue weighted by Gasteiger charge is -2.07. The number of hydrogen-bond donors (Lipinski definition) is 0. The lowest BCUT2D eigenvalue weighted by atomic mass is 10.3. The zero-order valence-corrected chi connectivity index (χ0v) is 8.73. The van der Waals surface area contributed by atoms with Crippen molar-refractivity contribution in [3.05, 3.63) is 21.9 Å². The van der Waals surface area contributed by atoms with E-state index >= 15 is 0 Å². The van der Waals surface area contributed by atoms with Crippen LogP contribution in [0.1, 0.15) is 17.8 Å². The number of aromatic nitrogens is 1. The van der Waals surface area contributed by atoms with Crippen LogP contribution in [0.5, 0.6) is 5.75 Å². The van der Waals surface area contributed by atoms with E-state index in [-0.39, 0.29) is 5.69 Å². The fraction of sp³-hybridized carbons (Fsp3) is 0.375. The number of pyridine rings is 1. The van der Waals surface area contributed by atoms with Crippen molar-refractivity contribution < 1.29 is 13.5 Å². The first-order valence-electron chi connectivity index (χ1n) is 3.55. The Bertz CT molecular complexity index is 317. The Kier molecular flexibility index (Phi) is 3.19. The minimum absolute atomic E-state index is 0.266. The Morgan fingerprint density at radius 3 is 2.62 bits per heavy atom. The molecule has 0 unspecified atom stereocenters. The minimum atomic E-state index is -2.57. The molecule has 0 spiro atoms. The first-order chi connectivity index (χ1) is 6.06. The number of nitrogens with zero attached hydrogens (tertiary/aromatic N) is 1. The SMILES string of the molecule is COc1cc(C(F)F)nc(C)c1Br. The van der Waals surface area contributed by atoms with Gasteiger partial charge in [-0.1, -0.05) is 0 Å². The van der Waals surface area contributed by atoms with Crippen LogP contribution >= 0.6 is 15.9 Å². The summed E-state index contributed by atoms with van der Waals surface area (Å²) < 4.78 is 30.0. The van der Waals surface area contributed by atoms with E-state index in [0.717, 1.165) is 0 Å². The third-order valence-corrected chi connectivity index (χ3v) is 2.52. The Morgan fingerprint density at radius 2 is 2.15 bits per heavy atom. The summed E-state index contributed by atoms with van der Waals surface area (Å²) in [6.07, 6.45) is -2.57. The molecule has 0 aromatic carbocycles. The second-order valence-corrected chi connectivity index (χ2v) is 3.24. The molecular formula is C8H8BrF2NO. The molecule has 1 aromatic heterocycles. The van der Waals surface area contributed by atoms with Crippen molar-refractivity contribution >= 4 is 15.9 Å². The van der Waals surface area contributed by atoms with Gasteiger partial charge in [0.2, 0.25) is 0 Å². The van der Waals surface area contributed by atoms with Gasteiger partial charge in [0, 0.05) is 6.07 Å². The molecule has 0 aliphatic heterocycles. The van der Waals surface area contributed by atoms with E-state index in [4.69, 9.17) is 4.74 Å². The summed E-state index contributed by atoms with van der Waals surface area (Å²) in [6, 6.07) is 1.22. The van der Waals surface area contributed by atoms with Crippen molar-refractivity contribution in [1.29, 1.82) is 0 Å². The van der Waals surface area contributed by atoms with E-state index in [1.165, 1.54) is 13.2 Å². The summed E-state index contributed by atoms with van der Waals surface area (Å²) in [5.41, 5.74) is 0.229. The van der Waals surface area contributed by atoms with Crippen molar-refractivity contribution in [3.63, 3.8) is 0 Å². The van der Waals surface area contributed by atoms with Gasteiger partial charge in [-0.15, -0.1) is 0 Å². The molecule has 13 heavy (non-hydrogen) atoms. The van der Waals surface area contributed by atoms with Crippen LogP contribution in [0.25, 0.3) is 0 Å². The molecule has 0 saturated carbocycles. The molecular weight excluding hydrogens is 244 g/mol. The van der Waals surface area contributed by atoms with Gasteiger partial charge in [0.05, 0.1) is 17.3 Å². The number of hydrogen-bond acceptors (Lipinski definition) is 2. The van der Waals surface area contributed by atoms with Crippen LogP contribution in [0.4, 0.5) is 8.78 Å². The highest BCUT2D eigenvalue weighted by Crippen LogP contribution is 2.30. The number of rotatable bonds is 2. The third kappa shape index (κ3) is 2.15. The van der Waals surface area contributed by atoms with Gasteiger partial charge in [-0.25, -0.2) is 8.78 Å². The molecule has 0 aliphatic rings. The number of alkyl halides is 2. The first kappa shape index (κ1) is 10.4. The number of methoxy groups -OCH3 is 1. The first-order valence-corrected chi connectivity index (χ1v) is 4.34. The molecule has 0 fully saturated rings. The van der Waals surface area contributed by atoms with Gasteiger partial charge < -0.3 is 4.74 Å². The lowest BCUT2D eigenvalue weighted by Crippen LogP contribution is -1.96. The minimum Gasteiger partial charge on any atom is -0.495 e. The molecule has 0 aliphatic carbocycles. The fourth-order valence-electron chi connectivity index (χ4n) is 0.911. The number of ether oxygens (including phenoxy) is 1. The Balaban J connectivity index is 3.22. The molecule has 72 valence electrons. The molecule has 0 radical (unpaired) electrons. The lowest BCUT2D eigenvalue weighted by molar-refractivity contribution is 0.145. The van der Waals surface area contributed by atoms with Crippen LogP contribution < -0.4 is 4.74 Å². The average molecular weight is 252 g/mol. The molecule has 5 heteroatoms. The molecule has 0 bridgehead atoms. The normalized spacial score (nSPS) is 10.6. The van der Waals surface area contributed by atoms with Gasteiger partial charge in [0.15, 0.2) is 0 Å². The van der Waals surface area contributed by atoms with E-state index in [1.54, 1.807) is 6.92 Å². The van der Waals surface area contributed by atoms with Crippen LogP contribution in [0, 0.1) is 6.92 Å². The maximum absolute atomic E-state index is 12.3. The van der Waals surface area contributed by atoms with Crippen LogP contribution in [-0.4, -0.2) is 12.1 Å². The third-order valence-electron chi connectivity index (χ3n) is 1.55. The molecule has 2 nitrogen and oxygen atoms in total. The maximum Gasteiger partial charge on any atom is 0.280 e. The molecule has 1 aromatic rings. The highest BCUT2D eigenvalue weighted by molar-refractivity contribution is 9.10. The van der Waals surface area contributed by atoms with Crippen LogP contribution in [0.3, 0.4) is 0 Å². The largest absolute Gasteiger partial charge is 0.495 e. The quantitative estimate of drug-likeness (QED) is 0.806. The average Bonchev–Trinajstić information content (AvgIpc) is 2.09. The van der Waals surface area contributed by atoms with Crippen molar-refractivity contribution in [2.75, 3.05) is 7.11 Å². The predicted octanol–water partition coefficient (Wildman–Crippen LogP) is 3.10. The maximum atomic E-state index is 12.3. The Hall–Kier alpha value is -0.710.